The highest BCUT2D eigenvalue weighted by atomic mass is 16.5. The number of amides is 2. The van der Waals surface area contributed by atoms with Gasteiger partial charge in [-0.1, -0.05) is 26.7 Å². The summed E-state index contributed by atoms with van der Waals surface area (Å²) < 4.78 is 10.5. The molecular formula is C23H32N2O6. The van der Waals surface area contributed by atoms with E-state index in [0.717, 1.165) is 25.7 Å². The molecule has 1 aromatic rings. The van der Waals surface area contributed by atoms with Crippen LogP contribution in [-0.2, 0) is 14.3 Å². The Kier molecular flexibility index (Phi) is 7.20. The minimum Gasteiger partial charge on any atom is -0.504 e. The lowest BCUT2D eigenvalue weighted by Gasteiger charge is -2.30. The average Bonchev–Trinajstić information content (AvgIpc) is 3.33. The van der Waals surface area contributed by atoms with Crippen LogP contribution in [-0.4, -0.2) is 54.6 Å². The zero-order valence-corrected chi connectivity index (χ0v) is 18.4. The van der Waals surface area contributed by atoms with E-state index in [2.05, 4.69) is 17.6 Å². The molecule has 1 aliphatic heterocycles. The molecule has 8 nitrogen and oxygen atoms in total. The first kappa shape index (κ1) is 23.1. The fourth-order valence-corrected chi connectivity index (χ4v) is 4.56. The van der Waals surface area contributed by atoms with Crippen LogP contribution in [0.4, 0.5) is 0 Å². The van der Waals surface area contributed by atoms with Gasteiger partial charge < -0.3 is 25.2 Å². The quantitative estimate of drug-likeness (QED) is 0.581. The molecule has 3 atom stereocenters. The number of phenols is 1. The number of rotatable bonds is 8. The SMILES string of the molecule is CC[C@@H]1OCC(=O)[C@H]1NC(=O)[C@H](CC1(C)CCCC1)NC(=O)c1ccc(O)c(OC)c1. The third-order valence-electron chi connectivity index (χ3n) is 6.43. The molecule has 1 saturated carbocycles. The van der Waals surface area contributed by atoms with Crippen molar-refractivity contribution in [3.05, 3.63) is 23.8 Å². The Morgan fingerprint density at radius 1 is 1.32 bits per heavy atom. The molecular weight excluding hydrogens is 400 g/mol. The molecule has 0 unspecified atom stereocenters. The molecule has 3 N–H and O–H groups in total. The van der Waals surface area contributed by atoms with E-state index in [0.29, 0.717) is 12.8 Å². The Hall–Kier alpha value is -2.61. The summed E-state index contributed by atoms with van der Waals surface area (Å²) in [6.45, 7) is 4.03. The van der Waals surface area contributed by atoms with Crippen molar-refractivity contribution in [2.45, 2.75) is 70.6 Å². The maximum Gasteiger partial charge on any atom is 0.252 e. The number of ether oxygens (including phenoxy) is 2. The van der Waals surface area contributed by atoms with Crippen LogP contribution in [0.2, 0.25) is 0 Å². The normalized spacial score (nSPS) is 23.4. The van der Waals surface area contributed by atoms with Gasteiger partial charge in [0.05, 0.1) is 13.2 Å². The average molecular weight is 433 g/mol. The van der Waals surface area contributed by atoms with Gasteiger partial charge in [0.25, 0.3) is 5.91 Å². The number of aromatic hydroxyl groups is 1. The number of hydrogen-bond donors (Lipinski definition) is 3. The van der Waals surface area contributed by atoms with Gasteiger partial charge in [-0.2, -0.15) is 0 Å². The lowest BCUT2D eigenvalue weighted by molar-refractivity contribution is -0.128. The van der Waals surface area contributed by atoms with E-state index in [1.54, 1.807) is 0 Å². The third kappa shape index (κ3) is 5.36. The van der Waals surface area contributed by atoms with E-state index < -0.39 is 18.0 Å². The predicted molar refractivity (Wildman–Crippen MR) is 114 cm³/mol. The van der Waals surface area contributed by atoms with E-state index in [9.17, 15) is 19.5 Å². The maximum absolute atomic E-state index is 13.2. The summed E-state index contributed by atoms with van der Waals surface area (Å²) in [6, 6.07) is 2.80. The third-order valence-corrected chi connectivity index (χ3v) is 6.43. The van der Waals surface area contributed by atoms with E-state index in [1.807, 2.05) is 6.92 Å². The van der Waals surface area contributed by atoms with E-state index >= 15 is 0 Å². The fraction of sp³-hybridized carbons (Fsp3) is 0.609. The molecule has 1 aliphatic carbocycles. The summed E-state index contributed by atoms with van der Waals surface area (Å²) >= 11 is 0. The van der Waals surface area contributed by atoms with Crippen molar-refractivity contribution in [2.75, 3.05) is 13.7 Å². The van der Waals surface area contributed by atoms with E-state index in [-0.39, 0.29) is 46.9 Å². The molecule has 2 aliphatic rings. The fourth-order valence-electron chi connectivity index (χ4n) is 4.56. The van der Waals surface area contributed by atoms with Crippen molar-refractivity contribution in [3.63, 3.8) is 0 Å². The van der Waals surface area contributed by atoms with Crippen molar-refractivity contribution >= 4 is 17.6 Å². The highest BCUT2D eigenvalue weighted by molar-refractivity contribution is 5.99. The maximum atomic E-state index is 13.2. The van der Waals surface area contributed by atoms with E-state index in [4.69, 9.17) is 9.47 Å². The van der Waals surface area contributed by atoms with Crippen LogP contribution in [0.15, 0.2) is 18.2 Å². The minimum atomic E-state index is -0.790. The number of hydrogen-bond acceptors (Lipinski definition) is 6. The van der Waals surface area contributed by atoms with Crippen LogP contribution in [0.3, 0.4) is 0 Å². The summed E-state index contributed by atoms with van der Waals surface area (Å²) in [4.78, 5) is 38.3. The zero-order chi connectivity index (χ0) is 22.6. The van der Waals surface area contributed by atoms with Crippen molar-refractivity contribution in [1.29, 1.82) is 0 Å². The van der Waals surface area contributed by atoms with Gasteiger partial charge in [-0.25, -0.2) is 0 Å². The molecule has 31 heavy (non-hydrogen) atoms. The molecule has 0 radical (unpaired) electrons. The molecule has 170 valence electrons. The number of Topliss-reactive ketones (excluding diaryl/α,β-unsaturated/α-hetero) is 1. The number of phenolic OH excluding ortho intramolecular Hbond substituents is 1. The van der Waals surface area contributed by atoms with Crippen LogP contribution in [0.25, 0.3) is 0 Å². The zero-order valence-electron chi connectivity index (χ0n) is 18.4. The molecule has 1 saturated heterocycles. The van der Waals surface area contributed by atoms with Crippen molar-refractivity contribution in [2.24, 2.45) is 5.41 Å². The second-order valence-electron chi connectivity index (χ2n) is 8.84. The molecule has 0 spiro atoms. The van der Waals surface area contributed by atoms with Crippen molar-refractivity contribution in [3.8, 4) is 11.5 Å². The number of carbonyl (C=O) groups excluding carboxylic acids is 3. The highest BCUT2D eigenvalue weighted by Gasteiger charge is 2.39. The number of nitrogens with one attached hydrogen (secondary N) is 2. The van der Waals surface area contributed by atoms with Crippen LogP contribution < -0.4 is 15.4 Å². The van der Waals surface area contributed by atoms with Gasteiger partial charge >= 0.3 is 0 Å². The van der Waals surface area contributed by atoms with Crippen LogP contribution in [0, 0.1) is 5.41 Å². The summed E-state index contributed by atoms with van der Waals surface area (Å²) in [5.41, 5.74) is 0.221. The predicted octanol–water partition coefficient (Wildman–Crippen LogP) is 2.33. The molecule has 0 aromatic heterocycles. The van der Waals surface area contributed by atoms with Crippen LogP contribution in [0.1, 0.15) is 62.7 Å². The smallest absolute Gasteiger partial charge is 0.252 e. The summed E-state index contributed by atoms with van der Waals surface area (Å²) in [7, 11) is 1.40. The first-order valence-corrected chi connectivity index (χ1v) is 10.9. The second-order valence-corrected chi connectivity index (χ2v) is 8.84. The van der Waals surface area contributed by atoms with Crippen molar-refractivity contribution in [1.82, 2.24) is 10.6 Å². The monoisotopic (exact) mass is 432 g/mol. The van der Waals surface area contributed by atoms with Gasteiger partial charge in [0.1, 0.15) is 18.7 Å². The summed E-state index contributed by atoms with van der Waals surface area (Å²) in [5, 5.41) is 15.4. The van der Waals surface area contributed by atoms with Crippen LogP contribution >= 0.6 is 0 Å². The van der Waals surface area contributed by atoms with Gasteiger partial charge in [-0.05, 0) is 49.3 Å². The topological polar surface area (TPSA) is 114 Å². The standard InChI is InChI=1S/C23H32N2O6/c1-4-18-20(17(27)13-31-18)25-22(29)15(12-23(2)9-5-6-10-23)24-21(28)14-7-8-16(26)19(11-14)30-3/h7-8,11,15,18,20,26H,4-6,9-10,12-13H2,1-3H3,(H,24,28)(H,25,29)/t15-,18-,20+/m0/s1. The Morgan fingerprint density at radius 2 is 2.03 bits per heavy atom. The van der Waals surface area contributed by atoms with Gasteiger partial charge in [-0.3, -0.25) is 14.4 Å². The Balaban J connectivity index is 1.78. The second kappa shape index (κ2) is 9.68. The van der Waals surface area contributed by atoms with Crippen LogP contribution in [0.5, 0.6) is 11.5 Å². The first-order chi connectivity index (χ1) is 14.8. The Morgan fingerprint density at radius 3 is 2.68 bits per heavy atom. The largest absolute Gasteiger partial charge is 0.504 e. The summed E-state index contributed by atoms with van der Waals surface area (Å²) in [6.07, 6.45) is 4.92. The number of carbonyl (C=O) groups is 3. The Labute approximate surface area is 182 Å². The van der Waals surface area contributed by atoms with Gasteiger partial charge in [0, 0.05) is 5.56 Å². The molecule has 1 aromatic carbocycles. The molecule has 3 rings (SSSR count). The van der Waals surface area contributed by atoms with Gasteiger partial charge in [0.2, 0.25) is 5.91 Å². The van der Waals surface area contributed by atoms with Gasteiger partial charge in [-0.15, -0.1) is 0 Å². The number of ketones is 1. The Bertz CT molecular complexity index is 833. The number of methoxy groups -OCH3 is 1. The molecule has 0 bridgehead atoms. The van der Waals surface area contributed by atoms with E-state index in [1.165, 1.54) is 25.3 Å². The first-order valence-electron chi connectivity index (χ1n) is 10.9. The lowest BCUT2D eigenvalue weighted by atomic mass is 9.81. The highest BCUT2D eigenvalue weighted by Crippen LogP contribution is 2.41. The molecule has 8 heteroatoms. The number of benzene rings is 1. The minimum absolute atomic E-state index is 0.00844. The molecule has 2 fully saturated rings. The van der Waals surface area contributed by atoms with Gasteiger partial charge in [0.15, 0.2) is 17.3 Å². The summed E-state index contributed by atoms with van der Waals surface area (Å²) in [5.74, 6) is -0.871. The van der Waals surface area contributed by atoms with Crippen molar-refractivity contribution < 1.29 is 29.0 Å². The molecule has 2 amide bonds. The molecule has 1 heterocycles. The lowest BCUT2D eigenvalue weighted by Crippen LogP contribution is -2.54.